The highest BCUT2D eigenvalue weighted by molar-refractivity contribution is 5.97. The molecule has 0 aliphatic heterocycles. The van der Waals surface area contributed by atoms with Crippen LogP contribution in [-0.4, -0.2) is 17.4 Å². The summed E-state index contributed by atoms with van der Waals surface area (Å²) in [6, 6.07) is 6.04. The Balaban J connectivity index is 2.98. The van der Waals surface area contributed by atoms with Crippen molar-refractivity contribution in [2.75, 3.05) is 11.9 Å². The highest BCUT2D eigenvalue weighted by Crippen LogP contribution is 2.27. The second-order valence-corrected chi connectivity index (χ2v) is 4.35. The summed E-state index contributed by atoms with van der Waals surface area (Å²) in [4.78, 5) is 22.4. The fourth-order valence-electron chi connectivity index (χ4n) is 1.41. The van der Waals surface area contributed by atoms with Gasteiger partial charge >= 0.3 is 0 Å². The fourth-order valence-corrected chi connectivity index (χ4v) is 1.41. The first-order valence-electron chi connectivity index (χ1n) is 5.69. The van der Waals surface area contributed by atoms with Crippen LogP contribution in [0.25, 0.3) is 0 Å². The molecule has 0 spiro atoms. The van der Waals surface area contributed by atoms with E-state index in [1.165, 1.54) is 12.1 Å². The Morgan fingerprint density at radius 1 is 1.50 bits per heavy atom. The van der Waals surface area contributed by atoms with Gasteiger partial charge in [0.2, 0.25) is 5.91 Å². The van der Waals surface area contributed by atoms with Crippen LogP contribution < -0.4 is 11.1 Å². The van der Waals surface area contributed by atoms with Crippen LogP contribution in [0.3, 0.4) is 0 Å². The maximum Gasteiger partial charge on any atom is 0.292 e. The number of carbonyl (C=O) groups is 1. The molecule has 3 N–H and O–H groups in total. The minimum atomic E-state index is -0.719. The fraction of sp³-hybridized carbons (Fsp3) is 0.417. The van der Waals surface area contributed by atoms with Crippen molar-refractivity contribution in [3.63, 3.8) is 0 Å². The molecule has 6 heteroatoms. The Hall–Kier alpha value is -1.95. The van der Waals surface area contributed by atoms with Gasteiger partial charge in [-0.2, -0.15) is 0 Å². The molecule has 0 aromatic heterocycles. The number of rotatable bonds is 5. The molecular formula is C12H17N3O3. The summed E-state index contributed by atoms with van der Waals surface area (Å²) in [7, 11) is 0. The molecular weight excluding hydrogens is 234 g/mol. The van der Waals surface area contributed by atoms with Crippen LogP contribution in [0.15, 0.2) is 24.3 Å². The lowest BCUT2D eigenvalue weighted by Gasteiger charge is -2.24. The van der Waals surface area contributed by atoms with Gasteiger partial charge < -0.3 is 11.1 Å². The molecule has 1 atom stereocenters. The number of hydrogen-bond acceptors (Lipinski definition) is 4. The minimum Gasteiger partial charge on any atom is -0.329 e. The van der Waals surface area contributed by atoms with Crippen LogP contribution in [-0.2, 0) is 4.79 Å². The second-order valence-electron chi connectivity index (χ2n) is 4.35. The van der Waals surface area contributed by atoms with Crippen LogP contribution in [0, 0.1) is 15.5 Å². The quantitative estimate of drug-likeness (QED) is 0.616. The van der Waals surface area contributed by atoms with Crippen molar-refractivity contribution in [2.24, 2.45) is 11.1 Å². The highest BCUT2D eigenvalue weighted by atomic mass is 16.6. The van der Waals surface area contributed by atoms with Crippen molar-refractivity contribution in [1.29, 1.82) is 0 Å². The molecule has 18 heavy (non-hydrogen) atoms. The van der Waals surface area contributed by atoms with Crippen LogP contribution in [0.5, 0.6) is 0 Å². The lowest BCUT2D eigenvalue weighted by Crippen LogP contribution is -2.39. The number of nitrogens with one attached hydrogen (secondary N) is 1. The number of hydrogen-bond donors (Lipinski definition) is 2. The molecule has 0 aliphatic rings. The highest BCUT2D eigenvalue weighted by Gasteiger charge is 2.30. The van der Waals surface area contributed by atoms with Crippen molar-refractivity contribution < 1.29 is 9.72 Å². The van der Waals surface area contributed by atoms with Gasteiger partial charge in [0.1, 0.15) is 5.69 Å². The lowest BCUT2D eigenvalue weighted by molar-refractivity contribution is -0.383. The Bertz CT molecular complexity index is 456. The number of nitrogens with two attached hydrogens (primary N) is 1. The van der Waals surface area contributed by atoms with Crippen LogP contribution in [0.2, 0.25) is 0 Å². The van der Waals surface area contributed by atoms with Gasteiger partial charge in [-0.3, -0.25) is 14.9 Å². The SMILES string of the molecule is CCC(C)(CN)C(=O)Nc1ccccc1[N+](=O)[O-]. The molecule has 0 saturated heterocycles. The number of benzene rings is 1. The Kier molecular flexibility index (Phi) is 4.38. The molecule has 98 valence electrons. The van der Waals surface area contributed by atoms with E-state index in [-0.39, 0.29) is 23.8 Å². The zero-order valence-corrected chi connectivity index (χ0v) is 10.5. The van der Waals surface area contributed by atoms with Crippen LogP contribution >= 0.6 is 0 Å². The molecule has 0 radical (unpaired) electrons. The summed E-state index contributed by atoms with van der Waals surface area (Å²) in [5, 5.41) is 13.4. The monoisotopic (exact) mass is 251 g/mol. The van der Waals surface area contributed by atoms with Crippen LogP contribution in [0.4, 0.5) is 11.4 Å². The van der Waals surface area contributed by atoms with Crippen LogP contribution in [0.1, 0.15) is 20.3 Å². The van der Waals surface area contributed by atoms with E-state index >= 15 is 0 Å². The third-order valence-electron chi connectivity index (χ3n) is 3.13. The van der Waals surface area contributed by atoms with E-state index < -0.39 is 10.3 Å². The van der Waals surface area contributed by atoms with E-state index in [0.717, 1.165) is 0 Å². The van der Waals surface area contributed by atoms with Crippen molar-refractivity contribution >= 4 is 17.3 Å². The first kappa shape index (κ1) is 14.1. The summed E-state index contributed by atoms with van der Waals surface area (Å²) in [5.74, 6) is -0.304. The molecule has 1 rings (SSSR count). The first-order chi connectivity index (χ1) is 8.44. The van der Waals surface area contributed by atoms with Crippen molar-refractivity contribution in [3.8, 4) is 0 Å². The molecule has 1 unspecified atom stereocenters. The van der Waals surface area contributed by atoms with Gasteiger partial charge in [0.15, 0.2) is 0 Å². The van der Waals surface area contributed by atoms with Gasteiger partial charge in [-0.25, -0.2) is 0 Å². The number of anilines is 1. The number of nitro benzene ring substituents is 1. The molecule has 6 nitrogen and oxygen atoms in total. The van der Waals surface area contributed by atoms with E-state index in [2.05, 4.69) is 5.32 Å². The van der Waals surface area contributed by atoms with Gasteiger partial charge in [-0.05, 0) is 19.4 Å². The Labute approximate surface area is 105 Å². The average Bonchev–Trinajstić information content (AvgIpc) is 2.38. The molecule has 1 amide bonds. The maximum atomic E-state index is 12.1. The van der Waals surface area contributed by atoms with Gasteiger partial charge in [-0.15, -0.1) is 0 Å². The molecule has 0 bridgehead atoms. The Morgan fingerprint density at radius 2 is 2.11 bits per heavy atom. The molecule has 0 heterocycles. The predicted octanol–water partition coefficient (Wildman–Crippen LogP) is 1.91. The summed E-state index contributed by atoms with van der Waals surface area (Å²) in [6.07, 6.45) is 0.565. The largest absolute Gasteiger partial charge is 0.329 e. The maximum absolute atomic E-state index is 12.1. The van der Waals surface area contributed by atoms with Crippen molar-refractivity contribution in [2.45, 2.75) is 20.3 Å². The number of para-hydroxylation sites is 2. The minimum absolute atomic E-state index is 0.124. The number of nitrogens with zero attached hydrogens (tertiary/aromatic N) is 1. The normalized spacial score (nSPS) is 13.7. The zero-order valence-electron chi connectivity index (χ0n) is 10.5. The molecule has 1 aromatic carbocycles. The zero-order chi connectivity index (χ0) is 13.8. The van der Waals surface area contributed by atoms with Gasteiger partial charge in [0.05, 0.1) is 10.3 Å². The Morgan fingerprint density at radius 3 is 2.61 bits per heavy atom. The molecule has 0 aliphatic carbocycles. The van der Waals surface area contributed by atoms with E-state index in [1.807, 2.05) is 6.92 Å². The van der Waals surface area contributed by atoms with Crippen molar-refractivity contribution in [3.05, 3.63) is 34.4 Å². The number of carbonyl (C=O) groups excluding carboxylic acids is 1. The third kappa shape index (κ3) is 2.84. The summed E-state index contributed by atoms with van der Waals surface area (Å²) in [5.41, 5.74) is 4.93. The number of amides is 1. The third-order valence-corrected chi connectivity index (χ3v) is 3.13. The average molecular weight is 251 g/mol. The topological polar surface area (TPSA) is 98.3 Å². The van der Waals surface area contributed by atoms with Gasteiger partial charge in [0, 0.05) is 12.6 Å². The molecule has 1 aromatic rings. The summed E-state index contributed by atoms with van der Waals surface area (Å²) < 4.78 is 0. The summed E-state index contributed by atoms with van der Waals surface area (Å²) >= 11 is 0. The lowest BCUT2D eigenvalue weighted by atomic mass is 9.86. The first-order valence-corrected chi connectivity index (χ1v) is 5.69. The van der Waals surface area contributed by atoms with Crippen molar-refractivity contribution in [1.82, 2.24) is 0 Å². The second kappa shape index (κ2) is 5.59. The summed E-state index contributed by atoms with van der Waals surface area (Å²) in [6.45, 7) is 3.78. The number of nitro groups is 1. The standard InChI is InChI=1S/C12H17N3O3/c1-3-12(2,8-13)11(16)14-9-6-4-5-7-10(9)15(17)18/h4-7H,3,8,13H2,1-2H3,(H,14,16). The van der Waals surface area contributed by atoms with E-state index in [0.29, 0.717) is 6.42 Å². The molecule has 0 saturated carbocycles. The van der Waals surface area contributed by atoms with Gasteiger partial charge in [-0.1, -0.05) is 19.1 Å². The molecule has 0 fully saturated rings. The predicted molar refractivity (Wildman–Crippen MR) is 69.2 cm³/mol. The van der Waals surface area contributed by atoms with E-state index in [9.17, 15) is 14.9 Å². The van der Waals surface area contributed by atoms with E-state index in [4.69, 9.17) is 5.73 Å². The van der Waals surface area contributed by atoms with Gasteiger partial charge in [0.25, 0.3) is 5.69 Å². The van der Waals surface area contributed by atoms with E-state index in [1.54, 1.807) is 19.1 Å². The smallest absolute Gasteiger partial charge is 0.292 e.